The molecular weight excluding hydrogens is 267 g/mol. The molecule has 0 amide bonds. The SMILES string of the molecule is O=c1cc(C(F)(F)F)[nH]n1-c1ccc([N+](=O)[O-])cc1. The molecule has 1 aromatic heterocycles. The number of aromatic amines is 1. The lowest BCUT2D eigenvalue weighted by molar-refractivity contribution is -0.384. The van der Waals surface area contributed by atoms with Gasteiger partial charge in [0.15, 0.2) is 0 Å². The number of halogens is 3. The van der Waals surface area contributed by atoms with Crippen molar-refractivity contribution in [1.82, 2.24) is 9.78 Å². The van der Waals surface area contributed by atoms with Crippen molar-refractivity contribution in [3.05, 3.63) is 56.5 Å². The molecule has 1 heterocycles. The number of nitro benzene ring substituents is 1. The normalized spacial score (nSPS) is 11.5. The van der Waals surface area contributed by atoms with E-state index in [0.29, 0.717) is 10.7 Å². The number of hydrogen-bond acceptors (Lipinski definition) is 3. The molecule has 1 aromatic carbocycles. The Labute approximate surface area is 103 Å². The van der Waals surface area contributed by atoms with Crippen molar-refractivity contribution in [2.75, 3.05) is 0 Å². The maximum atomic E-state index is 12.4. The number of alkyl halides is 3. The minimum absolute atomic E-state index is 0.0751. The van der Waals surface area contributed by atoms with Gasteiger partial charge >= 0.3 is 6.18 Å². The fraction of sp³-hybridized carbons (Fsp3) is 0.100. The molecule has 0 fully saturated rings. The largest absolute Gasteiger partial charge is 0.432 e. The van der Waals surface area contributed by atoms with Crippen molar-refractivity contribution in [3.63, 3.8) is 0 Å². The van der Waals surface area contributed by atoms with Crippen LogP contribution in [0.4, 0.5) is 18.9 Å². The van der Waals surface area contributed by atoms with Gasteiger partial charge in [0.1, 0.15) is 5.69 Å². The minimum Gasteiger partial charge on any atom is -0.286 e. The van der Waals surface area contributed by atoms with Gasteiger partial charge in [0.25, 0.3) is 11.2 Å². The van der Waals surface area contributed by atoms with Crippen LogP contribution in [0.3, 0.4) is 0 Å². The Morgan fingerprint density at radius 3 is 2.21 bits per heavy atom. The first-order chi connectivity index (χ1) is 8.79. The van der Waals surface area contributed by atoms with E-state index in [9.17, 15) is 28.1 Å². The van der Waals surface area contributed by atoms with Crippen molar-refractivity contribution in [3.8, 4) is 5.69 Å². The highest BCUT2D eigenvalue weighted by Crippen LogP contribution is 2.26. The van der Waals surface area contributed by atoms with E-state index in [1.54, 1.807) is 0 Å². The van der Waals surface area contributed by atoms with Crippen LogP contribution in [0.25, 0.3) is 5.69 Å². The molecule has 0 radical (unpaired) electrons. The minimum atomic E-state index is -4.66. The molecule has 2 aromatic rings. The molecule has 0 unspecified atom stereocenters. The predicted octanol–water partition coefficient (Wildman–Crippen LogP) is 2.09. The number of nitro groups is 1. The van der Waals surface area contributed by atoms with Crippen LogP contribution in [0.5, 0.6) is 0 Å². The van der Waals surface area contributed by atoms with Crippen molar-refractivity contribution < 1.29 is 18.1 Å². The van der Waals surface area contributed by atoms with Crippen LogP contribution < -0.4 is 5.56 Å². The molecule has 0 aliphatic rings. The molecule has 2 rings (SSSR count). The fourth-order valence-corrected chi connectivity index (χ4v) is 1.46. The van der Waals surface area contributed by atoms with Crippen LogP contribution in [0.2, 0.25) is 0 Å². The molecular formula is C10H6F3N3O3. The summed E-state index contributed by atoms with van der Waals surface area (Å²) in [6.07, 6.45) is -4.66. The lowest BCUT2D eigenvalue weighted by atomic mass is 10.3. The predicted molar refractivity (Wildman–Crippen MR) is 58.0 cm³/mol. The average Bonchev–Trinajstić information content (AvgIpc) is 2.71. The summed E-state index contributed by atoms with van der Waals surface area (Å²) in [5.41, 5.74) is -2.23. The van der Waals surface area contributed by atoms with E-state index in [1.807, 2.05) is 5.10 Å². The van der Waals surface area contributed by atoms with Crippen LogP contribution in [0, 0.1) is 10.1 Å². The molecule has 100 valence electrons. The second-order valence-corrected chi connectivity index (χ2v) is 3.61. The number of benzene rings is 1. The zero-order valence-electron chi connectivity index (χ0n) is 9.14. The van der Waals surface area contributed by atoms with E-state index in [2.05, 4.69) is 0 Å². The van der Waals surface area contributed by atoms with Crippen LogP contribution in [-0.2, 0) is 6.18 Å². The van der Waals surface area contributed by atoms with Crippen molar-refractivity contribution >= 4 is 5.69 Å². The van der Waals surface area contributed by atoms with Crippen molar-refractivity contribution in [2.24, 2.45) is 0 Å². The summed E-state index contributed by atoms with van der Waals surface area (Å²) >= 11 is 0. The standard InChI is InChI=1S/C10H6F3N3O3/c11-10(12,13)8-5-9(17)15(14-8)6-1-3-7(4-2-6)16(18)19/h1-5,14H. The van der Waals surface area contributed by atoms with Gasteiger partial charge in [0.2, 0.25) is 0 Å². The Morgan fingerprint density at radius 2 is 1.79 bits per heavy atom. The molecule has 0 aliphatic carbocycles. The van der Waals surface area contributed by atoms with Crippen LogP contribution in [0.15, 0.2) is 35.1 Å². The Kier molecular flexibility index (Phi) is 2.89. The van der Waals surface area contributed by atoms with E-state index in [0.717, 1.165) is 12.1 Å². The number of hydrogen-bond donors (Lipinski definition) is 1. The summed E-state index contributed by atoms with van der Waals surface area (Å²) in [6.45, 7) is 0. The third-order valence-corrected chi connectivity index (χ3v) is 2.34. The van der Waals surface area contributed by atoms with Crippen LogP contribution >= 0.6 is 0 Å². The molecule has 9 heteroatoms. The number of non-ortho nitro benzene ring substituents is 1. The van der Waals surface area contributed by atoms with Gasteiger partial charge in [-0.1, -0.05) is 0 Å². The molecule has 0 aliphatic heterocycles. The Balaban J connectivity index is 2.45. The number of nitrogens with zero attached hydrogens (tertiary/aromatic N) is 2. The Bertz CT molecular complexity index is 670. The summed E-state index contributed by atoms with van der Waals surface area (Å²) in [7, 11) is 0. The average molecular weight is 273 g/mol. The third kappa shape index (κ3) is 2.49. The molecule has 0 spiro atoms. The number of H-pyrrole nitrogens is 1. The summed E-state index contributed by atoms with van der Waals surface area (Å²) in [5, 5.41) is 12.3. The Hall–Kier alpha value is -2.58. The van der Waals surface area contributed by atoms with E-state index >= 15 is 0 Å². The highest BCUT2D eigenvalue weighted by atomic mass is 19.4. The number of rotatable bonds is 2. The second kappa shape index (κ2) is 4.26. The number of aromatic nitrogens is 2. The van der Waals surface area contributed by atoms with Gasteiger partial charge in [-0.15, -0.1) is 0 Å². The molecule has 0 atom stereocenters. The van der Waals surface area contributed by atoms with Crippen molar-refractivity contribution in [2.45, 2.75) is 6.18 Å². The molecule has 0 bridgehead atoms. The van der Waals surface area contributed by atoms with E-state index in [1.165, 1.54) is 12.1 Å². The van der Waals surface area contributed by atoms with Crippen molar-refractivity contribution in [1.29, 1.82) is 0 Å². The first-order valence-corrected chi connectivity index (χ1v) is 4.93. The first kappa shape index (κ1) is 12.9. The van der Waals surface area contributed by atoms with Gasteiger partial charge in [-0.3, -0.25) is 20.0 Å². The summed E-state index contributed by atoms with van der Waals surface area (Å²) < 4.78 is 37.8. The maximum Gasteiger partial charge on any atom is 0.432 e. The van der Waals surface area contributed by atoms with E-state index in [-0.39, 0.29) is 11.4 Å². The molecule has 0 saturated carbocycles. The second-order valence-electron chi connectivity index (χ2n) is 3.61. The highest BCUT2D eigenvalue weighted by molar-refractivity contribution is 5.40. The van der Waals surface area contributed by atoms with Crippen LogP contribution in [-0.4, -0.2) is 14.7 Å². The summed E-state index contributed by atoms with van der Waals surface area (Å²) in [5.74, 6) is 0. The van der Waals surface area contributed by atoms with E-state index < -0.39 is 22.4 Å². The molecule has 19 heavy (non-hydrogen) atoms. The van der Waals surface area contributed by atoms with Gasteiger partial charge in [-0.05, 0) is 12.1 Å². The maximum absolute atomic E-state index is 12.4. The third-order valence-electron chi connectivity index (χ3n) is 2.34. The monoisotopic (exact) mass is 273 g/mol. The summed E-state index contributed by atoms with van der Waals surface area (Å²) in [4.78, 5) is 21.2. The van der Waals surface area contributed by atoms with E-state index in [4.69, 9.17) is 0 Å². The molecule has 6 nitrogen and oxygen atoms in total. The zero-order valence-corrected chi connectivity index (χ0v) is 9.14. The lowest BCUT2D eigenvalue weighted by Crippen LogP contribution is -2.13. The van der Waals surface area contributed by atoms with Gasteiger partial charge in [0.05, 0.1) is 10.6 Å². The van der Waals surface area contributed by atoms with Gasteiger partial charge < -0.3 is 0 Å². The quantitative estimate of drug-likeness (QED) is 0.672. The molecule has 1 N–H and O–H groups in total. The van der Waals surface area contributed by atoms with Crippen LogP contribution in [0.1, 0.15) is 5.69 Å². The highest BCUT2D eigenvalue weighted by Gasteiger charge is 2.33. The lowest BCUT2D eigenvalue weighted by Gasteiger charge is -2.04. The topological polar surface area (TPSA) is 80.9 Å². The Morgan fingerprint density at radius 1 is 1.21 bits per heavy atom. The zero-order chi connectivity index (χ0) is 14.2. The summed E-state index contributed by atoms with van der Waals surface area (Å²) in [6, 6.07) is 4.96. The first-order valence-electron chi connectivity index (χ1n) is 4.93. The van der Waals surface area contributed by atoms with Gasteiger partial charge in [-0.2, -0.15) is 13.2 Å². The smallest absolute Gasteiger partial charge is 0.286 e. The molecule has 0 saturated heterocycles. The van der Waals surface area contributed by atoms with Gasteiger partial charge in [0, 0.05) is 18.2 Å². The number of nitrogens with one attached hydrogen (secondary N) is 1. The fourth-order valence-electron chi connectivity index (χ4n) is 1.46. The van der Waals surface area contributed by atoms with Gasteiger partial charge in [-0.25, -0.2) is 4.68 Å².